The highest BCUT2D eigenvalue weighted by Crippen LogP contribution is 2.15. The van der Waals surface area contributed by atoms with E-state index in [0.29, 0.717) is 13.0 Å². The van der Waals surface area contributed by atoms with Crippen LogP contribution in [0.4, 0.5) is 0 Å². The Morgan fingerprint density at radius 2 is 2.43 bits per heavy atom. The Labute approximate surface area is 123 Å². The van der Waals surface area contributed by atoms with Crippen LogP contribution in [-0.2, 0) is 16.1 Å². The Kier molecular flexibility index (Phi) is 4.25. The Balaban J connectivity index is 1.55. The van der Waals surface area contributed by atoms with Gasteiger partial charge in [-0.05, 0) is 36.6 Å². The van der Waals surface area contributed by atoms with E-state index in [1.54, 1.807) is 17.1 Å². The van der Waals surface area contributed by atoms with E-state index in [9.17, 15) is 4.79 Å². The number of carbonyl (C=O) groups excluding carboxylic acids is 1. The molecule has 0 aromatic carbocycles. The van der Waals surface area contributed by atoms with Crippen LogP contribution in [0.15, 0.2) is 36.8 Å². The molecule has 21 heavy (non-hydrogen) atoms. The molecule has 3 rings (SSSR count). The fourth-order valence-electron chi connectivity index (χ4n) is 2.39. The van der Waals surface area contributed by atoms with Gasteiger partial charge in [-0.25, -0.2) is 9.67 Å². The Hall–Kier alpha value is -2.21. The maximum absolute atomic E-state index is 11.9. The van der Waals surface area contributed by atoms with Gasteiger partial charge < -0.3 is 10.1 Å². The molecule has 1 aliphatic rings. The van der Waals surface area contributed by atoms with Crippen molar-refractivity contribution in [3.63, 3.8) is 0 Å². The first-order valence-electron chi connectivity index (χ1n) is 7.14. The zero-order valence-corrected chi connectivity index (χ0v) is 11.7. The van der Waals surface area contributed by atoms with Crippen LogP contribution in [0, 0.1) is 0 Å². The molecule has 6 heteroatoms. The van der Waals surface area contributed by atoms with E-state index in [2.05, 4.69) is 15.4 Å². The average Bonchev–Trinajstić information content (AvgIpc) is 3.19. The van der Waals surface area contributed by atoms with Crippen molar-refractivity contribution in [1.29, 1.82) is 0 Å². The average molecular weight is 286 g/mol. The molecule has 0 unspecified atom stereocenters. The summed E-state index contributed by atoms with van der Waals surface area (Å²) in [6, 6.07) is 5.65. The van der Waals surface area contributed by atoms with Gasteiger partial charge in [-0.3, -0.25) is 4.79 Å². The molecular weight excluding hydrogens is 268 g/mol. The summed E-state index contributed by atoms with van der Waals surface area (Å²) in [5.41, 5.74) is 0.996. The number of carbonyl (C=O) groups is 1. The van der Waals surface area contributed by atoms with E-state index in [1.807, 2.05) is 24.4 Å². The Bertz CT molecular complexity index is 591. The molecule has 1 atom stereocenters. The number of nitrogens with one attached hydrogen (secondary N) is 1. The van der Waals surface area contributed by atoms with Crippen LogP contribution in [0.25, 0.3) is 5.82 Å². The van der Waals surface area contributed by atoms with Crippen LogP contribution in [0.3, 0.4) is 0 Å². The van der Waals surface area contributed by atoms with Gasteiger partial charge in [0.2, 0.25) is 5.91 Å². The highest BCUT2D eigenvalue weighted by Gasteiger charge is 2.18. The number of hydrogen-bond donors (Lipinski definition) is 1. The fraction of sp³-hybridized carbons (Fsp3) is 0.400. The summed E-state index contributed by atoms with van der Waals surface area (Å²) in [5.74, 6) is 0.769. The van der Waals surface area contributed by atoms with Gasteiger partial charge in [-0.15, -0.1) is 0 Å². The van der Waals surface area contributed by atoms with Gasteiger partial charge in [-0.2, -0.15) is 5.10 Å². The standard InChI is InChI=1S/C15H18N4O2/c20-15(10-13-3-1-8-21-13)17-11-12-4-6-16-14(9-12)19-7-2-5-18-19/h2,4-7,9,13H,1,3,8,10-11H2,(H,17,20)/t13-/m1/s1. The Morgan fingerprint density at radius 1 is 1.48 bits per heavy atom. The fourth-order valence-corrected chi connectivity index (χ4v) is 2.39. The van der Waals surface area contributed by atoms with Crippen molar-refractivity contribution < 1.29 is 9.53 Å². The zero-order chi connectivity index (χ0) is 14.5. The monoisotopic (exact) mass is 286 g/mol. The molecule has 0 saturated carbocycles. The van der Waals surface area contributed by atoms with Gasteiger partial charge in [0.15, 0.2) is 5.82 Å². The summed E-state index contributed by atoms with van der Waals surface area (Å²) in [4.78, 5) is 16.1. The van der Waals surface area contributed by atoms with E-state index in [1.165, 1.54) is 0 Å². The minimum absolute atomic E-state index is 0.0272. The van der Waals surface area contributed by atoms with Crippen molar-refractivity contribution in [2.45, 2.75) is 31.9 Å². The lowest BCUT2D eigenvalue weighted by atomic mass is 10.1. The van der Waals surface area contributed by atoms with Crippen molar-refractivity contribution in [1.82, 2.24) is 20.1 Å². The Morgan fingerprint density at radius 3 is 3.19 bits per heavy atom. The summed E-state index contributed by atoms with van der Waals surface area (Å²) in [6.45, 7) is 1.26. The molecule has 1 fully saturated rings. The third-order valence-electron chi connectivity index (χ3n) is 3.48. The first-order chi connectivity index (χ1) is 10.3. The van der Waals surface area contributed by atoms with E-state index >= 15 is 0 Å². The number of hydrogen-bond acceptors (Lipinski definition) is 4. The molecule has 110 valence electrons. The molecule has 1 saturated heterocycles. The van der Waals surface area contributed by atoms with Crippen LogP contribution in [0.5, 0.6) is 0 Å². The van der Waals surface area contributed by atoms with Gasteiger partial charge in [-0.1, -0.05) is 0 Å². The predicted molar refractivity (Wildman–Crippen MR) is 76.8 cm³/mol. The molecule has 0 bridgehead atoms. The molecule has 6 nitrogen and oxygen atoms in total. The second-order valence-electron chi connectivity index (χ2n) is 5.09. The highest BCUT2D eigenvalue weighted by atomic mass is 16.5. The van der Waals surface area contributed by atoms with Gasteiger partial charge in [0.1, 0.15) is 0 Å². The number of amides is 1. The van der Waals surface area contributed by atoms with Crippen molar-refractivity contribution >= 4 is 5.91 Å². The maximum Gasteiger partial charge on any atom is 0.222 e. The number of nitrogens with zero attached hydrogens (tertiary/aromatic N) is 3. The smallest absolute Gasteiger partial charge is 0.222 e. The number of ether oxygens (including phenoxy) is 1. The van der Waals surface area contributed by atoms with Crippen molar-refractivity contribution in [2.24, 2.45) is 0 Å². The van der Waals surface area contributed by atoms with Gasteiger partial charge in [0.05, 0.1) is 12.5 Å². The third-order valence-corrected chi connectivity index (χ3v) is 3.48. The van der Waals surface area contributed by atoms with Crippen LogP contribution in [-0.4, -0.2) is 33.4 Å². The highest BCUT2D eigenvalue weighted by molar-refractivity contribution is 5.76. The molecule has 1 aliphatic heterocycles. The van der Waals surface area contributed by atoms with Crippen LogP contribution >= 0.6 is 0 Å². The summed E-state index contributed by atoms with van der Waals surface area (Å²) >= 11 is 0. The topological polar surface area (TPSA) is 69.0 Å². The van der Waals surface area contributed by atoms with Crippen molar-refractivity contribution in [2.75, 3.05) is 6.61 Å². The van der Waals surface area contributed by atoms with Crippen molar-refractivity contribution in [3.05, 3.63) is 42.4 Å². The summed E-state index contributed by atoms with van der Waals surface area (Å²) < 4.78 is 7.15. The first kappa shape index (κ1) is 13.8. The lowest BCUT2D eigenvalue weighted by Crippen LogP contribution is -2.26. The second-order valence-corrected chi connectivity index (χ2v) is 5.09. The van der Waals surface area contributed by atoms with Crippen LogP contribution in [0.1, 0.15) is 24.8 Å². The minimum atomic E-state index is 0.0272. The molecule has 0 radical (unpaired) electrons. The quantitative estimate of drug-likeness (QED) is 0.903. The lowest BCUT2D eigenvalue weighted by molar-refractivity contribution is -0.123. The lowest BCUT2D eigenvalue weighted by Gasteiger charge is -2.10. The van der Waals surface area contributed by atoms with E-state index in [0.717, 1.165) is 30.8 Å². The summed E-state index contributed by atoms with van der Waals surface area (Å²) in [5, 5.41) is 7.06. The zero-order valence-electron chi connectivity index (χ0n) is 11.7. The van der Waals surface area contributed by atoms with Gasteiger partial charge in [0, 0.05) is 31.7 Å². The van der Waals surface area contributed by atoms with E-state index in [-0.39, 0.29) is 12.0 Å². The van der Waals surface area contributed by atoms with Crippen LogP contribution < -0.4 is 5.32 Å². The maximum atomic E-state index is 11.9. The first-order valence-corrected chi connectivity index (χ1v) is 7.14. The molecule has 2 aromatic heterocycles. The largest absolute Gasteiger partial charge is 0.378 e. The van der Waals surface area contributed by atoms with Crippen molar-refractivity contribution in [3.8, 4) is 5.82 Å². The molecule has 2 aromatic rings. The summed E-state index contributed by atoms with van der Waals surface area (Å²) in [6.07, 6.45) is 7.82. The molecule has 1 amide bonds. The number of rotatable bonds is 5. The van der Waals surface area contributed by atoms with E-state index in [4.69, 9.17) is 4.74 Å². The third kappa shape index (κ3) is 3.66. The molecule has 1 N–H and O–H groups in total. The molecular formula is C15H18N4O2. The van der Waals surface area contributed by atoms with Gasteiger partial charge >= 0.3 is 0 Å². The second kappa shape index (κ2) is 6.49. The predicted octanol–water partition coefficient (Wildman–Crippen LogP) is 1.45. The molecule has 0 aliphatic carbocycles. The molecule has 0 spiro atoms. The minimum Gasteiger partial charge on any atom is -0.378 e. The SMILES string of the molecule is O=C(C[C@H]1CCCO1)NCc1ccnc(-n2cccn2)c1. The van der Waals surface area contributed by atoms with Crippen LogP contribution in [0.2, 0.25) is 0 Å². The van der Waals surface area contributed by atoms with Gasteiger partial charge in [0.25, 0.3) is 0 Å². The number of pyridine rings is 1. The normalized spacial score (nSPS) is 17.8. The number of aromatic nitrogens is 3. The van der Waals surface area contributed by atoms with E-state index < -0.39 is 0 Å². The summed E-state index contributed by atoms with van der Waals surface area (Å²) in [7, 11) is 0. The molecule has 3 heterocycles.